The Morgan fingerprint density at radius 3 is 2.30 bits per heavy atom. The summed E-state index contributed by atoms with van der Waals surface area (Å²) in [6.07, 6.45) is 3.38. The van der Waals surface area contributed by atoms with E-state index in [9.17, 15) is 20.2 Å². The van der Waals surface area contributed by atoms with E-state index in [1.165, 1.54) is 12.1 Å². The maximum atomic E-state index is 11.2. The SMILES string of the molecule is CCC(/C=N\Nc1ccc([N+](=O)[O-])cc1[N+](=O)[O-])(CC)Sc1ccccc1. The summed E-state index contributed by atoms with van der Waals surface area (Å²) in [4.78, 5) is 21.8. The highest BCUT2D eigenvalue weighted by Gasteiger charge is 2.26. The maximum absolute atomic E-state index is 11.2. The number of hydrogen-bond donors (Lipinski definition) is 1. The van der Waals surface area contributed by atoms with E-state index in [1.807, 2.05) is 30.3 Å². The van der Waals surface area contributed by atoms with E-state index in [2.05, 4.69) is 24.4 Å². The van der Waals surface area contributed by atoms with Crippen LogP contribution in [0.15, 0.2) is 58.5 Å². The second-order valence-electron chi connectivity index (χ2n) is 5.77. The van der Waals surface area contributed by atoms with Crippen LogP contribution in [0.5, 0.6) is 0 Å². The van der Waals surface area contributed by atoms with Gasteiger partial charge in [0.15, 0.2) is 0 Å². The summed E-state index contributed by atoms with van der Waals surface area (Å²) in [5.74, 6) is 0. The Morgan fingerprint density at radius 2 is 1.74 bits per heavy atom. The van der Waals surface area contributed by atoms with Gasteiger partial charge in [0.1, 0.15) is 5.69 Å². The molecule has 0 spiro atoms. The lowest BCUT2D eigenvalue weighted by Crippen LogP contribution is -2.25. The van der Waals surface area contributed by atoms with Gasteiger partial charge in [-0.3, -0.25) is 25.7 Å². The van der Waals surface area contributed by atoms with Gasteiger partial charge in [0.2, 0.25) is 0 Å². The summed E-state index contributed by atoms with van der Waals surface area (Å²) in [6.45, 7) is 4.11. The topological polar surface area (TPSA) is 111 Å². The van der Waals surface area contributed by atoms with Crippen molar-refractivity contribution in [3.63, 3.8) is 0 Å². The number of hydrazone groups is 1. The van der Waals surface area contributed by atoms with E-state index >= 15 is 0 Å². The molecule has 0 atom stereocenters. The van der Waals surface area contributed by atoms with Gasteiger partial charge in [-0.15, -0.1) is 11.8 Å². The zero-order valence-corrected chi connectivity index (χ0v) is 15.8. The van der Waals surface area contributed by atoms with Crippen molar-refractivity contribution < 1.29 is 9.85 Å². The average Bonchev–Trinajstić information content (AvgIpc) is 2.67. The monoisotopic (exact) mass is 388 g/mol. The molecule has 0 radical (unpaired) electrons. The average molecular weight is 388 g/mol. The lowest BCUT2D eigenvalue weighted by Gasteiger charge is -2.26. The molecule has 2 aromatic carbocycles. The lowest BCUT2D eigenvalue weighted by atomic mass is 10.0. The van der Waals surface area contributed by atoms with Crippen molar-refractivity contribution in [1.82, 2.24) is 0 Å². The molecule has 0 aliphatic heterocycles. The predicted octanol–water partition coefficient (Wildman–Crippen LogP) is 5.25. The van der Waals surface area contributed by atoms with Crippen LogP contribution in [0.2, 0.25) is 0 Å². The molecule has 0 amide bonds. The zero-order chi connectivity index (χ0) is 19.9. The molecule has 0 aliphatic rings. The minimum absolute atomic E-state index is 0.104. The molecular formula is C18H20N4O4S. The molecule has 0 saturated carbocycles. The Labute approximate surface area is 161 Å². The van der Waals surface area contributed by atoms with E-state index in [0.717, 1.165) is 23.8 Å². The molecule has 0 heterocycles. The number of hydrogen-bond acceptors (Lipinski definition) is 7. The molecule has 0 bridgehead atoms. The van der Waals surface area contributed by atoms with Crippen LogP contribution in [0.3, 0.4) is 0 Å². The number of benzene rings is 2. The Kier molecular flexibility index (Phi) is 6.89. The first-order valence-corrected chi connectivity index (χ1v) is 9.19. The van der Waals surface area contributed by atoms with Gasteiger partial charge < -0.3 is 0 Å². The second-order valence-corrected chi connectivity index (χ2v) is 7.26. The largest absolute Gasteiger partial charge is 0.301 e. The minimum Gasteiger partial charge on any atom is -0.272 e. The number of anilines is 1. The van der Waals surface area contributed by atoms with Crippen molar-refractivity contribution in [3.8, 4) is 0 Å². The summed E-state index contributed by atoms with van der Waals surface area (Å²) in [7, 11) is 0. The summed E-state index contributed by atoms with van der Waals surface area (Å²) >= 11 is 1.68. The molecule has 9 heteroatoms. The Bertz CT molecular complexity index is 839. The molecule has 0 aliphatic carbocycles. The highest BCUT2D eigenvalue weighted by atomic mass is 32.2. The molecule has 0 aromatic heterocycles. The number of nitro groups is 2. The standard InChI is InChI=1S/C18H20N4O4S/c1-3-18(4-2,27-15-8-6-5-7-9-15)13-19-20-16-11-10-14(21(23)24)12-17(16)22(25)26/h5-13,20H,3-4H2,1-2H3/b19-13-. The number of thioether (sulfide) groups is 1. The fourth-order valence-electron chi connectivity index (χ4n) is 2.43. The van der Waals surface area contributed by atoms with E-state index in [-0.39, 0.29) is 16.1 Å². The normalized spacial score (nSPS) is 11.5. The first-order valence-electron chi connectivity index (χ1n) is 8.38. The molecule has 27 heavy (non-hydrogen) atoms. The molecule has 8 nitrogen and oxygen atoms in total. The van der Waals surface area contributed by atoms with Gasteiger partial charge in [-0.2, -0.15) is 5.10 Å². The van der Waals surface area contributed by atoms with E-state index in [1.54, 1.807) is 18.0 Å². The van der Waals surface area contributed by atoms with Crippen molar-refractivity contribution in [1.29, 1.82) is 0 Å². The smallest absolute Gasteiger partial charge is 0.272 e. The molecule has 2 aromatic rings. The fourth-order valence-corrected chi connectivity index (χ4v) is 3.58. The van der Waals surface area contributed by atoms with Crippen LogP contribution in [0, 0.1) is 20.2 Å². The Hall–Kier alpha value is -2.94. The summed E-state index contributed by atoms with van der Waals surface area (Å²) in [6, 6.07) is 13.3. The van der Waals surface area contributed by atoms with Crippen molar-refractivity contribution in [2.45, 2.75) is 36.3 Å². The maximum Gasteiger partial charge on any atom is 0.301 e. The van der Waals surface area contributed by atoms with Gasteiger partial charge >= 0.3 is 5.69 Å². The quantitative estimate of drug-likeness (QED) is 0.272. The number of nitrogens with one attached hydrogen (secondary N) is 1. The Balaban J connectivity index is 2.23. The van der Waals surface area contributed by atoms with Gasteiger partial charge in [-0.05, 0) is 31.0 Å². The fraction of sp³-hybridized carbons (Fsp3) is 0.278. The van der Waals surface area contributed by atoms with Crippen LogP contribution in [-0.4, -0.2) is 20.8 Å². The molecule has 142 valence electrons. The van der Waals surface area contributed by atoms with Crippen molar-refractivity contribution >= 4 is 35.0 Å². The number of nitro benzene ring substituents is 2. The Morgan fingerprint density at radius 1 is 1.07 bits per heavy atom. The first-order chi connectivity index (χ1) is 12.9. The van der Waals surface area contributed by atoms with Gasteiger partial charge in [0.05, 0.1) is 20.7 Å². The van der Waals surface area contributed by atoms with Crippen molar-refractivity contribution in [3.05, 3.63) is 68.8 Å². The van der Waals surface area contributed by atoms with Crippen LogP contribution < -0.4 is 5.43 Å². The van der Waals surface area contributed by atoms with Crippen LogP contribution >= 0.6 is 11.8 Å². The van der Waals surface area contributed by atoms with E-state index < -0.39 is 15.5 Å². The van der Waals surface area contributed by atoms with Gasteiger partial charge in [-0.25, -0.2) is 0 Å². The van der Waals surface area contributed by atoms with Crippen molar-refractivity contribution in [2.75, 3.05) is 5.43 Å². The third kappa shape index (κ3) is 5.27. The third-order valence-corrected chi connectivity index (χ3v) is 5.73. The van der Waals surface area contributed by atoms with E-state index in [4.69, 9.17) is 0 Å². The highest BCUT2D eigenvalue weighted by molar-refractivity contribution is 8.01. The van der Waals surface area contributed by atoms with Gasteiger partial charge in [0, 0.05) is 17.2 Å². The number of rotatable bonds is 9. The van der Waals surface area contributed by atoms with Crippen LogP contribution in [-0.2, 0) is 0 Å². The second kappa shape index (κ2) is 9.13. The van der Waals surface area contributed by atoms with Crippen LogP contribution in [0.25, 0.3) is 0 Å². The first kappa shape index (κ1) is 20.4. The summed E-state index contributed by atoms with van der Waals surface area (Å²) in [5.41, 5.74) is 2.03. The molecule has 2 rings (SSSR count). The molecule has 0 unspecified atom stereocenters. The number of non-ortho nitro benzene ring substituents is 1. The molecule has 0 saturated heterocycles. The molecule has 0 fully saturated rings. The summed E-state index contributed by atoms with van der Waals surface area (Å²) in [5, 5.41) is 26.2. The lowest BCUT2D eigenvalue weighted by molar-refractivity contribution is -0.393. The minimum atomic E-state index is -0.671. The van der Waals surface area contributed by atoms with Crippen molar-refractivity contribution in [2.24, 2.45) is 5.10 Å². The van der Waals surface area contributed by atoms with Crippen LogP contribution in [0.4, 0.5) is 17.1 Å². The summed E-state index contributed by atoms with van der Waals surface area (Å²) < 4.78 is -0.274. The van der Waals surface area contributed by atoms with Crippen LogP contribution in [0.1, 0.15) is 26.7 Å². The third-order valence-electron chi connectivity index (χ3n) is 4.13. The van der Waals surface area contributed by atoms with Gasteiger partial charge in [0.25, 0.3) is 5.69 Å². The highest BCUT2D eigenvalue weighted by Crippen LogP contribution is 2.37. The van der Waals surface area contributed by atoms with E-state index in [0.29, 0.717) is 0 Å². The predicted molar refractivity (Wildman–Crippen MR) is 107 cm³/mol. The molecular weight excluding hydrogens is 368 g/mol. The van der Waals surface area contributed by atoms with Gasteiger partial charge in [-0.1, -0.05) is 32.0 Å². The number of nitrogens with zero attached hydrogens (tertiary/aromatic N) is 3. The zero-order valence-electron chi connectivity index (χ0n) is 15.0. The molecule has 1 N–H and O–H groups in total.